The molecule has 0 amide bonds. The predicted molar refractivity (Wildman–Crippen MR) is 178 cm³/mol. The first-order valence-electron chi connectivity index (χ1n) is 15.7. The summed E-state index contributed by atoms with van der Waals surface area (Å²) in [6, 6.07) is 11.8. The van der Waals surface area contributed by atoms with Gasteiger partial charge in [0, 0.05) is 22.4 Å². The maximum absolute atomic E-state index is 15.8. The van der Waals surface area contributed by atoms with Crippen LogP contribution in [0.5, 0.6) is 0 Å². The summed E-state index contributed by atoms with van der Waals surface area (Å²) in [5.41, 5.74) is -3.03. The summed E-state index contributed by atoms with van der Waals surface area (Å²) in [5.74, 6) is -5.11. The van der Waals surface area contributed by atoms with Gasteiger partial charge in [-0.2, -0.15) is 10.4 Å². The monoisotopic (exact) mass is 818 g/mol. The molecule has 0 spiro atoms. The van der Waals surface area contributed by atoms with Gasteiger partial charge in [0.2, 0.25) is 0 Å². The average Bonchev–Trinajstić information content (AvgIpc) is 3.62. The van der Waals surface area contributed by atoms with Crippen molar-refractivity contribution in [3.8, 4) is 6.07 Å². The molecule has 0 saturated carbocycles. The molecule has 278 valence electrons. The Hall–Kier alpha value is -2.66. The van der Waals surface area contributed by atoms with E-state index < -0.39 is 78.2 Å². The van der Waals surface area contributed by atoms with E-state index >= 15 is 8.78 Å². The quantitative estimate of drug-likeness (QED) is 0.0498. The van der Waals surface area contributed by atoms with E-state index in [1.807, 2.05) is 6.07 Å². The third kappa shape index (κ3) is 12.7. The van der Waals surface area contributed by atoms with Gasteiger partial charge >= 0.3 is 65.1 Å². The van der Waals surface area contributed by atoms with Crippen LogP contribution < -0.4 is 68.9 Å². The Bertz CT molecular complexity index is 2080. The average molecular weight is 819 g/mol. The third-order valence-corrected chi connectivity index (χ3v) is 9.83. The first-order chi connectivity index (χ1) is 25.3. The molecule has 0 N–H and O–H groups in total. The Morgan fingerprint density at radius 3 is 2.47 bits per heavy atom. The van der Waals surface area contributed by atoms with Crippen molar-refractivity contribution in [3.05, 3.63) is 137 Å². The Balaban J connectivity index is 0.00000406. The van der Waals surface area contributed by atoms with E-state index in [1.165, 1.54) is 35.5 Å². The van der Waals surface area contributed by atoms with Crippen LogP contribution in [0.1, 0.15) is 39.5 Å². The normalized spacial score (nSPS) is 17.5. The molecule has 0 radical (unpaired) electrons. The van der Waals surface area contributed by atoms with Gasteiger partial charge in [0.15, 0.2) is 11.9 Å². The van der Waals surface area contributed by atoms with E-state index in [2.05, 4.69) is 14.6 Å². The summed E-state index contributed by atoms with van der Waals surface area (Å²) in [6.45, 7) is 0.379. The van der Waals surface area contributed by atoms with Crippen molar-refractivity contribution in [3.63, 3.8) is 0 Å². The number of benzene rings is 3. The predicted octanol–water partition coefficient (Wildman–Crippen LogP) is -1.06. The van der Waals surface area contributed by atoms with Crippen LogP contribution in [0.25, 0.3) is 6.08 Å². The van der Waals surface area contributed by atoms with Crippen molar-refractivity contribution in [1.29, 1.82) is 5.26 Å². The second-order valence-corrected chi connectivity index (χ2v) is 14.3. The fourth-order valence-corrected chi connectivity index (χ4v) is 7.07. The molecule has 20 heteroatoms. The van der Waals surface area contributed by atoms with Crippen molar-refractivity contribution in [2.45, 2.75) is 42.5 Å². The van der Waals surface area contributed by atoms with Crippen LogP contribution in [0, 0.1) is 34.6 Å². The Kier molecular flexibility index (Phi) is 18.0. The molecule has 1 saturated heterocycles. The minimum atomic E-state index is -5.54. The standard InChI is InChI=1S/C35H31F4N4O8PS.2Na/c1-22(53-27-17-48-32(49-18-27)8-3-2-5-24-10-9-23(15-40)13-30(24)38)35(19-43-21-41-20-42-43,28-12-11-26(36)14-31(28)39)51-34(44)33-25(6-4-7-29(33)37)16-50-52(45,46)47;;/h2-14,20-22,27,32H,16-19H2,1H3,(H2,45,46,47);;/q;2*+1/p-2/t22-,27-,32-,35-;;/m1../s1. The smallest absolute Gasteiger partial charge is 0.790 e. The van der Waals surface area contributed by atoms with Crippen molar-refractivity contribution < 1.29 is 115 Å². The first-order valence-corrected chi connectivity index (χ1v) is 18.1. The summed E-state index contributed by atoms with van der Waals surface area (Å²) in [6.07, 6.45) is 7.90. The van der Waals surface area contributed by atoms with Gasteiger partial charge in [-0.25, -0.2) is 32.0 Å². The molecule has 12 nitrogen and oxygen atoms in total. The van der Waals surface area contributed by atoms with Gasteiger partial charge in [-0.3, -0.25) is 0 Å². The van der Waals surface area contributed by atoms with E-state index in [-0.39, 0.29) is 94.6 Å². The molecule has 4 aromatic rings. The minimum absolute atomic E-state index is 0. The number of rotatable bonds is 14. The van der Waals surface area contributed by atoms with E-state index in [1.54, 1.807) is 25.2 Å². The number of ether oxygens (including phenoxy) is 3. The molecule has 1 aliphatic rings. The SMILES string of the molecule is C[C@@H](S[C@H]1CO[C@H](C=CC=Cc2ccc(C#N)cc2F)OC1)[C@@](Cn1cncn1)(OC(=O)c1c(F)cccc1COP(=O)([O-])[O-])c1ccc(F)cc1F.[Na+].[Na+]. The van der Waals surface area contributed by atoms with Gasteiger partial charge in [-0.15, -0.1) is 11.8 Å². The molecular formula is C35H29F4N4Na2O8PS. The fourth-order valence-electron chi connectivity index (χ4n) is 5.41. The zero-order valence-electron chi connectivity index (χ0n) is 29.6. The number of allylic oxidation sites excluding steroid dienone is 2. The molecule has 55 heavy (non-hydrogen) atoms. The van der Waals surface area contributed by atoms with Crippen LogP contribution >= 0.6 is 19.6 Å². The number of phosphoric acid groups is 1. The van der Waals surface area contributed by atoms with Gasteiger partial charge < -0.3 is 33.1 Å². The molecule has 0 bridgehead atoms. The van der Waals surface area contributed by atoms with Crippen molar-refractivity contribution >= 4 is 31.6 Å². The number of carbonyl (C=O) groups excluding carboxylic acids is 1. The molecule has 2 heterocycles. The molecule has 1 aromatic heterocycles. The number of carbonyl (C=O) groups is 1. The number of halogens is 4. The molecule has 3 aromatic carbocycles. The van der Waals surface area contributed by atoms with Crippen LogP contribution in [0.4, 0.5) is 17.6 Å². The second kappa shape index (κ2) is 21.2. The van der Waals surface area contributed by atoms with E-state index in [0.29, 0.717) is 6.07 Å². The van der Waals surface area contributed by atoms with E-state index in [4.69, 9.17) is 19.5 Å². The molecule has 0 aliphatic carbocycles. The summed E-state index contributed by atoms with van der Waals surface area (Å²) >= 11 is 1.16. The molecule has 1 fully saturated rings. The van der Waals surface area contributed by atoms with Crippen molar-refractivity contribution in [1.82, 2.24) is 14.8 Å². The van der Waals surface area contributed by atoms with Crippen LogP contribution in [-0.2, 0) is 42.1 Å². The molecule has 0 unspecified atom stereocenters. The third-order valence-electron chi connectivity index (χ3n) is 7.94. The summed E-state index contributed by atoms with van der Waals surface area (Å²) in [5, 5.41) is 11.6. The van der Waals surface area contributed by atoms with Gasteiger partial charge in [-0.1, -0.05) is 36.4 Å². The number of phosphoric ester groups is 1. The van der Waals surface area contributed by atoms with E-state index in [9.17, 15) is 27.9 Å². The van der Waals surface area contributed by atoms with Crippen molar-refractivity contribution in [2.75, 3.05) is 13.2 Å². The van der Waals surface area contributed by atoms with Crippen LogP contribution in [0.3, 0.4) is 0 Å². The summed E-state index contributed by atoms with van der Waals surface area (Å²) in [7, 11) is -5.54. The van der Waals surface area contributed by atoms with Crippen molar-refractivity contribution in [2.24, 2.45) is 0 Å². The maximum atomic E-state index is 15.8. The van der Waals surface area contributed by atoms with E-state index in [0.717, 1.165) is 48.2 Å². The second-order valence-electron chi connectivity index (χ2n) is 11.5. The number of nitrogens with zero attached hydrogens (tertiary/aromatic N) is 4. The fraction of sp³-hybridized carbons (Fsp3) is 0.257. The number of nitriles is 1. The number of esters is 1. The van der Waals surface area contributed by atoms with Gasteiger partial charge in [0.05, 0.1) is 51.1 Å². The summed E-state index contributed by atoms with van der Waals surface area (Å²) < 4.78 is 93.8. The maximum Gasteiger partial charge on any atom is 1.00 e. The molecule has 1 aliphatic heterocycles. The molecule has 2 atom stereocenters. The van der Waals surface area contributed by atoms with Crippen LogP contribution in [-0.4, -0.2) is 50.7 Å². The topological polar surface area (TPSA) is 172 Å². The number of hydrogen-bond donors (Lipinski definition) is 0. The van der Waals surface area contributed by atoms with Gasteiger partial charge in [0.25, 0.3) is 0 Å². The minimum Gasteiger partial charge on any atom is -0.790 e. The zero-order valence-corrected chi connectivity index (χ0v) is 35.4. The van der Waals surface area contributed by atoms with Crippen LogP contribution in [0.2, 0.25) is 0 Å². The number of thioether (sulfide) groups is 1. The number of aromatic nitrogens is 3. The van der Waals surface area contributed by atoms with Crippen LogP contribution in [0.15, 0.2) is 85.5 Å². The Morgan fingerprint density at radius 1 is 1.09 bits per heavy atom. The van der Waals surface area contributed by atoms with Gasteiger partial charge in [-0.05, 0) is 48.9 Å². The summed E-state index contributed by atoms with van der Waals surface area (Å²) in [4.78, 5) is 40.2. The Labute approximate surface area is 361 Å². The number of hydrogen-bond acceptors (Lipinski definition) is 12. The Morgan fingerprint density at radius 2 is 1.84 bits per heavy atom. The molecule has 5 rings (SSSR count). The molecular weight excluding hydrogens is 789 g/mol. The van der Waals surface area contributed by atoms with Gasteiger partial charge in [0.1, 0.15) is 41.5 Å². The first kappa shape index (κ1) is 46.7. The largest absolute Gasteiger partial charge is 1.00 e. The zero-order chi connectivity index (χ0) is 38.2.